The van der Waals surface area contributed by atoms with Crippen molar-refractivity contribution < 1.29 is 4.79 Å². The summed E-state index contributed by atoms with van der Waals surface area (Å²) in [6, 6.07) is 0. The minimum atomic E-state index is -0.0528. The molecule has 0 heterocycles. The summed E-state index contributed by atoms with van der Waals surface area (Å²) in [4.78, 5) is 13.7. The quantitative estimate of drug-likeness (QED) is 0.668. The molecule has 1 fully saturated rings. The SMILES string of the molecule is CCN(CC)C(=O)CNC(C)(CN)C1CC1. The number of nitrogens with zero attached hydrogens (tertiary/aromatic N) is 1. The highest BCUT2D eigenvalue weighted by Crippen LogP contribution is 2.38. The molecule has 1 aliphatic carbocycles. The van der Waals surface area contributed by atoms with E-state index in [1.165, 1.54) is 12.8 Å². The van der Waals surface area contributed by atoms with E-state index in [1.54, 1.807) is 0 Å². The maximum atomic E-state index is 11.8. The van der Waals surface area contributed by atoms with Gasteiger partial charge in [0.1, 0.15) is 0 Å². The van der Waals surface area contributed by atoms with Gasteiger partial charge in [-0.1, -0.05) is 0 Å². The van der Waals surface area contributed by atoms with Gasteiger partial charge in [0, 0.05) is 25.2 Å². The third-order valence-corrected chi connectivity index (χ3v) is 3.66. The van der Waals surface area contributed by atoms with Gasteiger partial charge in [-0.2, -0.15) is 0 Å². The van der Waals surface area contributed by atoms with Gasteiger partial charge in [-0.05, 0) is 39.5 Å². The first-order valence-corrected chi connectivity index (χ1v) is 6.30. The van der Waals surface area contributed by atoms with E-state index >= 15 is 0 Å². The minimum Gasteiger partial charge on any atom is -0.342 e. The summed E-state index contributed by atoms with van der Waals surface area (Å²) >= 11 is 0. The fourth-order valence-corrected chi connectivity index (χ4v) is 2.07. The zero-order valence-corrected chi connectivity index (χ0v) is 10.8. The first kappa shape index (κ1) is 13.5. The van der Waals surface area contributed by atoms with Crippen molar-refractivity contribution >= 4 is 5.91 Å². The van der Waals surface area contributed by atoms with Crippen LogP contribution in [-0.2, 0) is 4.79 Å². The Kier molecular flexibility index (Phi) is 4.74. The molecule has 0 aliphatic heterocycles. The van der Waals surface area contributed by atoms with Gasteiger partial charge in [-0.3, -0.25) is 4.79 Å². The van der Waals surface area contributed by atoms with Crippen molar-refractivity contribution in [3.05, 3.63) is 0 Å². The zero-order chi connectivity index (χ0) is 12.2. The molecule has 1 unspecified atom stereocenters. The molecule has 1 rings (SSSR count). The molecule has 1 atom stereocenters. The van der Waals surface area contributed by atoms with Crippen LogP contribution in [0.3, 0.4) is 0 Å². The average Bonchev–Trinajstić information content (AvgIpc) is 3.11. The first-order valence-electron chi connectivity index (χ1n) is 6.30. The molecule has 0 bridgehead atoms. The predicted octanol–water partition coefficient (Wildman–Crippen LogP) is 0.572. The second-order valence-corrected chi connectivity index (χ2v) is 4.82. The molecular formula is C12H25N3O. The van der Waals surface area contributed by atoms with Crippen LogP contribution in [0.2, 0.25) is 0 Å². The highest BCUT2D eigenvalue weighted by molar-refractivity contribution is 5.78. The van der Waals surface area contributed by atoms with Gasteiger partial charge in [-0.15, -0.1) is 0 Å². The summed E-state index contributed by atoms with van der Waals surface area (Å²) < 4.78 is 0. The van der Waals surface area contributed by atoms with Crippen LogP contribution in [0.25, 0.3) is 0 Å². The lowest BCUT2D eigenvalue weighted by atomic mass is 9.96. The summed E-state index contributed by atoms with van der Waals surface area (Å²) in [5.74, 6) is 0.826. The Hall–Kier alpha value is -0.610. The van der Waals surface area contributed by atoms with Gasteiger partial charge >= 0.3 is 0 Å². The summed E-state index contributed by atoms with van der Waals surface area (Å²) in [6.07, 6.45) is 2.47. The molecule has 1 aliphatic rings. The van der Waals surface area contributed by atoms with E-state index < -0.39 is 0 Å². The summed E-state index contributed by atoms with van der Waals surface area (Å²) in [5.41, 5.74) is 5.74. The van der Waals surface area contributed by atoms with Crippen LogP contribution in [0.15, 0.2) is 0 Å². The highest BCUT2D eigenvalue weighted by Gasteiger charge is 2.40. The largest absolute Gasteiger partial charge is 0.342 e. The summed E-state index contributed by atoms with van der Waals surface area (Å²) in [7, 11) is 0. The lowest BCUT2D eigenvalue weighted by Gasteiger charge is -2.30. The maximum absolute atomic E-state index is 11.8. The van der Waals surface area contributed by atoms with Crippen LogP contribution >= 0.6 is 0 Å². The molecule has 1 amide bonds. The lowest BCUT2D eigenvalue weighted by molar-refractivity contribution is -0.130. The minimum absolute atomic E-state index is 0.0528. The zero-order valence-electron chi connectivity index (χ0n) is 10.8. The van der Waals surface area contributed by atoms with Crippen LogP contribution in [0, 0.1) is 5.92 Å². The number of amides is 1. The maximum Gasteiger partial charge on any atom is 0.236 e. The van der Waals surface area contributed by atoms with Crippen molar-refractivity contribution in [2.24, 2.45) is 11.7 Å². The van der Waals surface area contributed by atoms with Crippen LogP contribution < -0.4 is 11.1 Å². The van der Waals surface area contributed by atoms with E-state index in [1.807, 2.05) is 18.7 Å². The van der Waals surface area contributed by atoms with E-state index in [2.05, 4.69) is 12.2 Å². The number of nitrogens with two attached hydrogens (primary N) is 1. The Balaban J connectivity index is 2.40. The van der Waals surface area contributed by atoms with Gasteiger partial charge in [-0.25, -0.2) is 0 Å². The molecule has 0 aromatic heterocycles. The molecule has 0 aromatic rings. The first-order chi connectivity index (χ1) is 7.57. The second-order valence-electron chi connectivity index (χ2n) is 4.82. The smallest absolute Gasteiger partial charge is 0.236 e. The molecule has 0 aromatic carbocycles. The molecule has 1 saturated carbocycles. The Morgan fingerprint density at radius 3 is 2.38 bits per heavy atom. The van der Waals surface area contributed by atoms with E-state index in [-0.39, 0.29) is 11.4 Å². The van der Waals surface area contributed by atoms with Crippen molar-refractivity contribution in [2.45, 2.75) is 39.2 Å². The number of hydrogen-bond acceptors (Lipinski definition) is 3. The van der Waals surface area contributed by atoms with Crippen LogP contribution in [-0.4, -0.2) is 42.5 Å². The third kappa shape index (κ3) is 3.19. The predicted molar refractivity (Wildman–Crippen MR) is 66.1 cm³/mol. The van der Waals surface area contributed by atoms with Crippen molar-refractivity contribution in [3.63, 3.8) is 0 Å². The average molecular weight is 227 g/mol. The van der Waals surface area contributed by atoms with Gasteiger partial charge < -0.3 is 16.0 Å². The van der Waals surface area contributed by atoms with Crippen molar-refractivity contribution in [2.75, 3.05) is 26.2 Å². The number of hydrogen-bond donors (Lipinski definition) is 2. The highest BCUT2D eigenvalue weighted by atomic mass is 16.2. The normalized spacial score (nSPS) is 19.2. The molecule has 0 saturated heterocycles. The van der Waals surface area contributed by atoms with Crippen molar-refractivity contribution in [3.8, 4) is 0 Å². The number of likely N-dealkylation sites (N-methyl/N-ethyl adjacent to an activating group) is 1. The Labute approximate surface area is 98.6 Å². The topological polar surface area (TPSA) is 58.4 Å². The van der Waals surface area contributed by atoms with Gasteiger partial charge in [0.15, 0.2) is 0 Å². The van der Waals surface area contributed by atoms with E-state index in [0.29, 0.717) is 19.0 Å². The summed E-state index contributed by atoms with van der Waals surface area (Å²) in [6.45, 7) is 8.70. The Morgan fingerprint density at radius 1 is 1.44 bits per heavy atom. The molecule has 0 spiro atoms. The summed E-state index contributed by atoms with van der Waals surface area (Å²) in [5, 5.41) is 3.34. The van der Waals surface area contributed by atoms with Crippen LogP contribution in [0.5, 0.6) is 0 Å². The molecule has 4 heteroatoms. The third-order valence-electron chi connectivity index (χ3n) is 3.66. The number of nitrogens with one attached hydrogen (secondary N) is 1. The molecule has 0 radical (unpaired) electrons. The van der Waals surface area contributed by atoms with Gasteiger partial charge in [0.2, 0.25) is 5.91 Å². The molecule has 3 N–H and O–H groups in total. The number of carbonyl (C=O) groups excluding carboxylic acids is 1. The fourth-order valence-electron chi connectivity index (χ4n) is 2.07. The second kappa shape index (κ2) is 5.64. The number of carbonyl (C=O) groups is 1. The van der Waals surface area contributed by atoms with Crippen molar-refractivity contribution in [1.82, 2.24) is 10.2 Å². The van der Waals surface area contributed by atoms with Crippen molar-refractivity contribution in [1.29, 1.82) is 0 Å². The fraction of sp³-hybridized carbons (Fsp3) is 0.917. The molecule has 94 valence electrons. The van der Waals surface area contributed by atoms with Gasteiger partial charge in [0.05, 0.1) is 6.54 Å². The van der Waals surface area contributed by atoms with Crippen LogP contribution in [0.1, 0.15) is 33.6 Å². The Bertz CT molecular complexity index is 236. The lowest BCUT2D eigenvalue weighted by Crippen LogP contribution is -2.54. The molecule has 4 nitrogen and oxygen atoms in total. The molecular weight excluding hydrogens is 202 g/mol. The number of rotatable bonds is 7. The van der Waals surface area contributed by atoms with Crippen LogP contribution in [0.4, 0.5) is 0 Å². The van der Waals surface area contributed by atoms with E-state index in [4.69, 9.17) is 5.73 Å². The molecule has 16 heavy (non-hydrogen) atoms. The van der Waals surface area contributed by atoms with Gasteiger partial charge in [0.25, 0.3) is 0 Å². The van der Waals surface area contributed by atoms with E-state index in [9.17, 15) is 4.79 Å². The Morgan fingerprint density at radius 2 is 2.00 bits per heavy atom. The monoisotopic (exact) mass is 227 g/mol. The van der Waals surface area contributed by atoms with E-state index in [0.717, 1.165) is 13.1 Å². The standard InChI is InChI=1S/C12H25N3O/c1-4-15(5-2)11(16)8-14-12(3,9-13)10-6-7-10/h10,14H,4-9,13H2,1-3H3.